The number of hydrogen-bond acceptors (Lipinski definition) is 6. The van der Waals surface area contributed by atoms with Crippen LogP contribution in [0, 0.1) is 0 Å². The first-order valence-corrected chi connectivity index (χ1v) is 11.1. The lowest BCUT2D eigenvalue weighted by molar-refractivity contribution is 0.0728. The molecule has 3 aromatic rings. The quantitative estimate of drug-likeness (QED) is 0.510. The lowest BCUT2D eigenvalue weighted by atomic mass is 10.1. The summed E-state index contributed by atoms with van der Waals surface area (Å²) >= 11 is 0. The zero-order valence-electron chi connectivity index (χ0n) is 17.9. The number of hydrogen-bond donors (Lipinski definition) is 3. The Bertz CT molecular complexity index is 1240. The topological polar surface area (TPSA) is 117 Å². The van der Waals surface area contributed by atoms with Crippen LogP contribution in [-0.4, -0.2) is 58.7 Å². The minimum Gasteiger partial charge on any atom is -0.434 e. The van der Waals surface area contributed by atoms with Gasteiger partial charge in [-0.1, -0.05) is 0 Å². The van der Waals surface area contributed by atoms with Crippen molar-refractivity contribution in [2.75, 3.05) is 19.7 Å². The summed E-state index contributed by atoms with van der Waals surface area (Å²) in [5, 5.41) is 4.54. The number of aromatic nitrogens is 2. The van der Waals surface area contributed by atoms with E-state index >= 15 is 0 Å². The minimum absolute atomic E-state index is 0.0224. The molecule has 1 atom stereocenters. The van der Waals surface area contributed by atoms with E-state index in [0.29, 0.717) is 34.4 Å². The van der Waals surface area contributed by atoms with Crippen LogP contribution in [0.5, 0.6) is 5.75 Å². The number of H-pyrrole nitrogens is 2. The largest absolute Gasteiger partial charge is 0.513 e. The average Bonchev–Trinajstić information content (AvgIpc) is 3.32. The second-order valence-corrected chi connectivity index (χ2v) is 8.38. The second kappa shape index (κ2) is 8.31. The van der Waals surface area contributed by atoms with E-state index < -0.39 is 6.16 Å². The maximum atomic E-state index is 13.5. The predicted octanol–water partition coefficient (Wildman–Crippen LogP) is 2.90. The Kier molecular flexibility index (Phi) is 5.34. The maximum absolute atomic E-state index is 13.5. The van der Waals surface area contributed by atoms with Gasteiger partial charge in [-0.25, -0.2) is 4.79 Å². The van der Waals surface area contributed by atoms with Crippen molar-refractivity contribution in [2.24, 2.45) is 0 Å². The molecule has 1 amide bonds. The SMILES string of the molecule is CCOC(=O)Oc1c[nH]c2c(=O)[nH]c3ccc(C(=O)N(C[C@@H]4CCCN4)C4CC4)cc3c12. The van der Waals surface area contributed by atoms with Crippen LogP contribution >= 0.6 is 0 Å². The van der Waals surface area contributed by atoms with Gasteiger partial charge in [-0.2, -0.15) is 0 Å². The van der Waals surface area contributed by atoms with Crippen LogP contribution in [0.2, 0.25) is 0 Å². The molecule has 5 rings (SSSR count). The summed E-state index contributed by atoms with van der Waals surface area (Å²) in [5.74, 6) is 0.166. The number of aromatic amines is 2. The first-order chi connectivity index (χ1) is 15.5. The summed E-state index contributed by atoms with van der Waals surface area (Å²) in [4.78, 5) is 45.5. The number of benzene rings is 1. The molecule has 0 spiro atoms. The number of amides is 1. The van der Waals surface area contributed by atoms with Gasteiger partial charge in [0.15, 0.2) is 5.75 Å². The normalized spacial score (nSPS) is 18.2. The molecule has 1 aliphatic carbocycles. The van der Waals surface area contributed by atoms with Gasteiger partial charge in [0.05, 0.1) is 12.0 Å². The zero-order chi connectivity index (χ0) is 22.2. The molecule has 2 aromatic heterocycles. The van der Waals surface area contributed by atoms with Gasteiger partial charge < -0.3 is 29.7 Å². The number of nitrogens with zero attached hydrogens (tertiary/aromatic N) is 1. The van der Waals surface area contributed by atoms with Crippen LogP contribution in [0.25, 0.3) is 21.8 Å². The smallest absolute Gasteiger partial charge is 0.434 e. The number of rotatable bonds is 6. The van der Waals surface area contributed by atoms with E-state index in [0.717, 1.165) is 32.2 Å². The molecule has 0 radical (unpaired) electrons. The van der Waals surface area contributed by atoms with Crippen molar-refractivity contribution in [1.82, 2.24) is 20.2 Å². The molecule has 3 N–H and O–H groups in total. The minimum atomic E-state index is -0.849. The number of nitrogens with one attached hydrogen (secondary N) is 3. The fraction of sp³-hybridized carbons (Fsp3) is 0.435. The van der Waals surface area contributed by atoms with Crippen molar-refractivity contribution >= 4 is 33.9 Å². The van der Waals surface area contributed by atoms with E-state index in [-0.39, 0.29) is 35.4 Å². The Balaban J connectivity index is 1.54. The van der Waals surface area contributed by atoms with Crippen LogP contribution < -0.4 is 15.6 Å². The van der Waals surface area contributed by atoms with E-state index in [1.165, 1.54) is 6.20 Å². The van der Waals surface area contributed by atoms with Crippen LogP contribution in [0.4, 0.5) is 4.79 Å². The summed E-state index contributed by atoms with van der Waals surface area (Å²) in [5.41, 5.74) is 1.04. The Morgan fingerprint density at radius 1 is 1.22 bits per heavy atom. The summed E-state index contributed by atoms with van der Waals surface area (Å²) in [6, 6.07) is 5.84. The Hall–Kier alpha value is -3.33. The van der Waals surface area contributed by atoms with Gasteiger partial charge in [0.1, 0.15) is 5.52 Å². The van der Waals surface area contributed by atoms with E-state index in [1.54, 1.807) is 25.1 Å². The monoisotopic (exact) mass is 438 g/mol. The highest BCUT2D eigenvalue weighted by Crippen LogP contribution is 2.33. The van der Waals surface area contributed by atoms with Gasteiger partial charge >= 0.3 is 6.16 Å². The molecule has 1 aromatic carbocycles. The third-order valence-electron chi connectivity index (χ3n) is 6.14. The molecule has 9 nitrogen and oxygen atoms in total. The maximum Gasteiger partial charge on any atom is 0.513 e. The number of carbonyl (C=O) groups is 2. The van der Waals surface area contributed by atoms with Gasteiger partial charge in [-0.3, -0.25) is 9.59 Å². The van der Waals surface area contributed by atoms with Crippen molar-refractivity contribution in [3.63, 3.8) is 0 Å². The zero-order valence-corrected chi connectivity index (χ0v) is 17.9. The van der Waals surface area contributed by atoms with E-state index in [2.05, 4.69) is 15.3 Å². The molecule has 0 unspecified atom stereocenters. The van der Waals surface area contributed by atoms with Gasteiger partial charge in [-0.05, 0) is 57.4 Å². The van der Waals surface area contributed by atoms with Crippen molar-refractivity contribution in [3.8, 4) is 5.75 Å². The molecule has 1 saturated carbocycles. The molecule has 1 saturated heterocycles. The highest BCUT2D eigenvalue weighted by molar-refractivity contribution is 6.10. The number of ether oxygens (including phenoxy) is 2. The summed E-state index contributed by atoms with van der Waals surface area (Å²) in [6.45, 7) is 3.55. The Labute approximate surface area is 184 Å². The fourth-order valence-corrected chi connectivity index (χ4v) is 4.45. The molecule has 3 heterocycles. The van der Waals surface area contributed by atoms with E-state index in [1.807, 2.05) is 4.90 Å². The van der Waals surface area contributed by atoms with Gasteiger partial charge in [-0.15, -0.1) is 0 Å². The first kappa shape index (κ1) is 20.6. The molecule has 1 aliphatic heterocycles. The molecule has 0 bridgehead atoms. The lowest BCUT2D eigenvalue weighted by Gasteiger charge is -2.26. The highest BCUT2D eigenvalue weighted by atomic mass is 16.7. The fourth-order valence-electron chi connectivity index (χ4n) is 4.45. The molecular weight excluding hydrogens is 412 g/mol. The molecule has 2 fully saturated rings. The van der Waals surface area contributed by atoms with Crippen molar-refractivity contribution in [2.45, 2.75) is 44.7 Å². The summed E-state index contributed by atoms with van der Waals surface area (Å²) in [7, 11) is 0. The second-order valence-electron chi connectivity index (χ2n) is 8.38. The van der Waals surface area contributed by atoms with Crippen LogP contribution in [0.15, 0.2) is 29.2 Å². The van der Waals surface area contributed by atoms with Crippen LogP contribution in [0.3, 0.4) is 0 Å². The standard InChI is InChI=1S/C23H26N4O5/c1-2-31-23(30)32-18-11-25-20-19(18)16-10-13(5-8-17(16)26-21(20)28)22(29)27(15-6-7-15)12-14-4-3-9-24-14/h5,8,10-11,14-15,24-25H,2-4,6-7,9,12H2,1H3,(H,26,28)/t14-/m0/s1. The van der Waals surface area contributed by atoms with Gasteiger partial charge in [0, 0.05) is 41.3 Å². The van der Waals surface area contributed by atoms with E-state index in [4.69, 9.17) is 9.47 Å². The van der Waals surface area contributed by atoms with Crippen molar-refractivity contribution < 1.29 is 19.1 Å². The van der Waals surface area contributed by atoms with Crippen LogP contribution in [-0.2, 0) is 4.74 Å². The predicted molar refractivity (Wildman–Crippen MR) is 119 cm³/mol. The summed E-state index contributed by atoms with van der Waals surface area (Å²) < 4.78 is 10.2. The molecule has 168 valence electrons. The Morgan fingerprint density at radius 2 is 2.06 bits per heavy atom. The summed E-state index contributed by atoms with van der Waals surface area (Å²) in [6.07, 6.45) is 4.87. The van der Waals surface area contributed by atoms with Crippen LogP contribution in [0.1, 0.15) is 43.0 Å². The van der Waals surface area contributed by atoms with E-state index in [9.17, 15) is 14.4 Å². The lowest BCUT2D eigenvalue weighted by Crippen LogP contribution is -2.42. The van der Waals surface area contributed by atoms with Crippen molar-refractivity contribution in [1.29, 1.82) is 0 Å². The first-order valence-electron chi connectivity index (χ1n) is 11.1. The molecule has 9 heteroatoms. The third kappa shape index (κ3) is 3.84. The molecular formula is C23H26N4O5. The van der Waals surface area contributed by atoms with Crippen molar-refractivity contribution in [3.05, 3.63) is 40.3 Å². The number of fused-ring (bicyclic) bond motifs is 3. The highest BCUT2D eigenvalue weighted by Gasteiger charge is 2.35. The Morgan fingerprint density at radius 3 is 2.78 bits per heavy atom. The third-order valence-corrected chi connectivity index (χ3v) is 6.14. The molecule has 32 heavy (non-hydrogen) atoms. The van der Waals surface area contributed by atoms with Gasteiger partial charge in [0.2, 0.25) is 0 Å². The molecule has 2 aliphatic rings. The number of pyridine rings is 1. The van der Waals surface area contributed by atoms with Gasteiger partial charge in [0.25, 0.3) is 11.5 Å². The number of carbonyl (C=O) groups excluding carboxylic acids is 2. The average molecular weight is 438 g/mol.